The van der Waals surface area contributed by atoms with E-state index in [4.69, 9.17) is 10.2 Å². The van der Waals surface area contributed by atoms with Crippen molar-refractivity contribution in [3.8, 4) is 11.5 Å². The molecule has 0 aliphatic heterocycles. The zero-order valence-corrected chi connectivity index (χ0v) is 10.2. The molecule has 2 N–H and O–H groups in total. The second-order valence-corrected chi connectivity index (χ2v) is 4.30. The molecule has 2 aromatic rings. The van der Waals surface area contributed by atoms with E-state index in [1.165, 1.54) is 11.8 Å². The minimum absolute atomic E-state index is 0.211. The molecule has 2 rings (SSSR count). The number of hydrogen-bond donors (Lipinski definition) is 1. The summed E-state index contributed by atoms with van der Waals surface area (Å²) >= 11 is 1.30. The average Bonchev–Trinajstić information content (AvgIpc) is 2.84. The third-order valence-electron chi connectivity index (χ3n) is 1.98. The lowest BCUT2D eigenvalue weighted by molar-refractivity contribution is 0.164. The minimum Gasteiger partial charge on any atom is -0.449 e. The Labute approximate surface area is 108 Å². The summed E-state index contributed by atoms with van der Waals surface area (Å²) in [5.41, 5.74) is 5.70. The highest BCUT2D eigenvalue weighted by atomic mass is 32.2. The van der Waals surface area contributed by atoms with Crippen molar-refractivity contribution in [1.82, 2.24) is 10.2 Å². The van der Waals surface area contributed by atoms with Crippen LogP contribution in [0.4, 0.5) is 4.79 Å². The Morgan fingerprint density at radius 1 is 1.33 bits per heavy atom. The summed E-state index contributed by atoms with van der Waals surface area (Å²) in [6, 6.07) is 9.48. The number of thioether (sulfide) groups is 1. The minimum atomic E-state index is -0.786. The summed E-state index contributed by atoms with van der Waals surface area (Å²) in [5, 5.41) is 8.25. The molecule has 1 aromatic carbocycles. The van der Waals surface area contributed by atoms with Gasteiger partial charge in [0, 0.05) is 11.3 Å². The summed E-state index contributed by atoms with van der Waals surface area (Å²) < 4.78 is 10.0. The maximum atomic E-state index is 10.3. The van der Waals surface area contributed by atoms with Gasteiger partial charge in [-0.25, -0.2) is 4.79 Å². The van der Waals surface area contributed by atoms with Crippen molar-refractivity contribution in [1.29, 1.82) is 0 Å². The number of aromatic nitrogens is 2. The lowest BCUT2D eigenvalue weighted by Crippen LogP contribution is -2.14. The molecule has 0 bridgehead atoms. The monoisotopic (exact) mass is 265 g/mol. The van der Waals surface area contributed by atoms with Crippen LogP contribution in [-0.4, -0.2) is 28.7 Å². The Morgan fingerprint density at radius 2 is 2.11 bits per heavy atom. The standard InChI is InChI=1S/C11H11N3O3S/c12-10(15)16-6-7-18-11-14-13-9(17-11)8-4-2-1-3-5-8/h1-5H,6-7H2,(H2,12,15). The van der Waals surface area contributed by atoms with Crippen molar-refractivity contribution in [2.45, 2.75) is 5.22 Å². The average molecular weight is 265 g/mol. The summed E-state index contributed by atoms with van der Waals surface area (Å²) in [7, 11) is 0. The summed E-state index contributed by atoms with van der Waals surface area (Å²) in [6.45, 7) is 0.211. The summed E-state index contributed by atoms with van der Waals surface area (Å²) in [4.78, 5) is 10.3. The van der Waals surface area contributed by atoms with Crippen molar-refractivity contribution in [3.63, 3.8) is 0 Å². The maximum Gasteiger partial charge on any atom is 0.404 e. The van der Waals surface area contributed by atoms with Gasteiger partial charge in [0.2, 0.25) is 5.89 Å². The lowest BCUT2D eigenvalue weighted by Gasteiger charge is -1.97. The molecular formula is C11H11N3O3S. The predicted molar refractivity (Wildman–Crippen MR) is 66.0 cm³/mol. The van der Waals surface area contributed by atoms with E-state index < -0.39 is 6.09 Å². The lowest BCUT2D eigenvalue weighted by atomic mass is 10.2. The predicted octanol–water partition coefficient (Wildman–Crippen LogP) is 1.92. The van der Waals surface area contributed by atoms with Gasteiger partial charge in [-0.3, -0.25) is 0 Å². The smallest absolute Gasteiger partial charge is 0.404 e. The third-order valence-corrected chi connectivity index (χ3v) is 2.76. The number of primary amides is 1. The number of nitrogens with zero attached hydrogens (tertiary/aromatic N) is 2. The second kappa shape index (κ2) is 6.06. The topological polar surface area (TPSA) is 91.2 Å². The molecule has 0 saturated carbocycles. The van der Waals surface area contributed by atoms with Gasteiger partial charge in [0.15, 0.2) is 0 Å². The molecule has 0 atom stereocenters. The van der Waals surface area contributed by atoms with E-state index in [1.807, 2.05) is 30.3 Å². The van der Waals surface area contributed by atoms with Crippen molar-refractivity contribution < 1.29 is 13.9 Å². The van der Waals surface area contributed by atoms with Crippen LogP contribution >= 0.6 is 11.8 Å². The molecule has 94 valence electrons. The van der Waals surface area contributed by atoms with Crippen LogP contribution < -0.4 is 5.73 Å². The fraction of sp³-hybridized carbons (Fsp3) is 0.182. The highest BCUT2D eigenvalue weighted by Gasteiger charge is 2.08. The zero-order chi connectivity index (χ0) is 12.8. The first kappa shape index (κ1) is 12.4. The van der Waals surface area contributed by atoms with Crippen LogP contribution in [0.1, 0.15) is 0 Å². The van der Waals surface area contributed by atoms with E-state index in [-0.39, 0.29) is 6.61 Å². The van der Waals surface area contributed by atoms with Crippen molar-refractivity contribution in [2.24, 2.45) is 5.73 Å². The first-order chi connectivity index (χ1) is 8.75. The SMILES string of the molecule is NC(=O)OCCSc1nnc(-c2ccccc2)o1. The Bertz CT molecular complexity index is 515. The number of rotatable bonds is 5. The van der Waals surface area contributed by atoms with Gasteiger partial charge in [-0.15, -0.1) is 10.2 Å². The van der Waals surface area contributed by atoms with Crippen LogP contribution in [0.2, 0.25) is 0 Å². The number of benzene rings is 1. The molecule has 0 unspecified atom stereocenters. The molecule has 6 nitrogen and oxygen atoms in total. The van der Waals surface area contributed by atoms with Gasteiger partial charge < -0.3 is 14.9 Å². The maximum absolute atomic E-state index is 10.3. The van der Waals surface area contributed by atoms with Crippen molar-refractivity contribution in [3.05, 3.63) is 30.3 Å². The van der Waals surface area contributed by atoms with Gasteiger partial charge in [-0.2, -0.15) is 0 Å². The molecule has 7 heteroatoms. The summed E-state index contributed by atoms with van der Waals surface area (Å²) in [6.07, 6.45) is -0.786. The number of ether oxygens (including phenoxy) is 1. The molecular weight excluding hydrogens is 254 g/mol. The van der Waals surface area contributed by atoms with Crippen LogP contribution in [-0.2, 0) is 4.74 Å². The van der Waals surface area contributed by atoms with Crippen molar-refractivity contribution >= 4 is 17.9 Å². The molecule has 0 aliphatic carbocycles. The fourth-order valence-corrected chi connectivity index (χ4v) is 1.81. The van der Waals surface area contributed by atoms with Gasteiger partial charge in [0.05, 0.1) is 0 Å². The fourth-order valence-electron chi connectivity index (χ4n) is 1.24. The quantitative estimate of drug-likeness (QED) is 0.656. The molecule has 0 radical (unpaired) electrons. The van der Waals surface area contributed by atoms with Gasteiger partial charge in [0.1, 0.15) is 6.61 Å². The Morgan fingerprint density at radius 3 is 2.83 bits per heavy atom. The number of nitrogens with two attached hydrogens (primary N) is 1. The van der Waals surface area contributed by atoms with E-state index in [0.29, 0.717) is 16.9 Å². The van der Waals surface area contributed by atoms with Crippen LogP contribution in [0, 0.1) is 0 Å². The van der Waals surface area contributed by atoms with Crippen LogP contribution in [0.15, 0.2) is 40.0 Å². The number of hydrogen-bond acceptors (Lipinski definition) is 6. The molecule has 1 amide bonds. The van der Waals surface area contributed by atoms with Crippen LogP contribution in [0.5, 0.6) is 0 Å². The zero-order valence-electron chi connectivity index (χ0n) is 9.41. The van der Waals surface area contributed by atoms with E-state index >= 15 is 0 Å². The Kier molecular flexibility index (Phi) is 4.19. The third kappa shape index (κ3) is 3.49. The molecule has 0 spiro atoms. The van der Waals surface area contributed by atoms with Crippen LogP contribution in [0.25, 0.3) is 11.5 Å². The molecule has 1 aromatic heterocycles. The van der Waals surface area contributed by atoms with E-state index in [1.54, 1.807) is 0 Å². The first-order valence-electron chi connectivity index (χ1n) is 5.19. The number of carbonyl (C=O) groups is 1. The Hall–Kier alpha value is -2.02. The van der Waals surface area contributed by atoms with E-state index in [0.717, 1.165) is 5.56 Å². The second-order valence-electron chi connectivity index (χ2n) is 3.26. The number of amides is 1. The van der Waals surface area contributed by atoms with E-state index in [2.05, 4.69) is 14.9 Å². The largest absolute Gasteiger partial charge is 0.449 e. The van der Waals surface area contributed by atoms with Gasteiger partial charge in [-0.05, 0) is 12.1 Å². The highest BCUT2D eigenvalue weighted by Crippen LogP contribution is 2.22. The molecule has 0 saturated heterocycles. The van der Waals surface area contributed by atoms with Gasteiger partial charge in [0.25, 0.3) is 5.22 Å². The molecule has 0 aliphatic rings. The molecule has 18 heavy (non-hydrogen) atoms. The van der Waals surface area contributed by atoms with E-state index in [9.17, 15) is 4.79 Å². The van der Waals surface area contributed by atoms with Gasteiger partial charge in [-0.1, -0.05) is 30.0 Å². The van der Waals surface area contributed by atoms with Gasteiger partial charge >= 0.3 is 6.09 Å². The first-order valence-corrected chi connectivity index (χ1v) is 6.18. The van der Waals surface area contributed by atoms with Crippen LogP contribution in [0.3, 0.4) is 0 Å². The normalized spacial score (nSPS) is 10.2. The Balaban J connectivity index is 1.89. The van der Waals surface area contributed by atoms with Crippen molar-refractivity contribution in [2.75, 3.05) is 12.4 Å². The summed E-state index contributed by atoms with van der Waals surface area (Å²) in [5.74, 6) is 0.980. The highest BCUT2D eigenvalue weighted by molar-refractivity contribution is 7.99. The molecule has 0 fully saturated rings. The number of carbonyl (C=O) groups excluding carboxylic acids is 1. The molecule has 1 heterocycles.